The van der Waals surface area contributed by atoms with E-state index in [-0.39, 0.29) is 16.8 Å². The third-order valence-electron chi connectivity index (χ3n) is 3.52. The number of ketones is 1. The Bertz CT molecular complexity index is 844. The van der Waals surface area contributed by atoms with E-state index in [0.29, 0.717) is 10.7 Å². The van der Waals surface area contributed by atoms with Gasteiger partial charge in [-0.15, -0.1) is 5.10 Å². The lowest BCUT2D eigenvalue weighted by Gasteiger charge is -2.10. The van der Waals surface area contributed by atoms with Crippen molar-refractivity contribution in [3.63, 3.8) is 0 Å². The standard InChI is InChI=1S/C17H16N4O2S/c1-11-3-5-13(6-4-11)16(23)12(2)24-17-18-19-20-21(17)14-7-9-15(22)10-8-14/h3-10,12,22H,1-2H3. The predicted molar refractivity (Wildman–Crippen MR) is 91.6 cm³/mol. The van der Waals surface area contributed by atoms with E-state index in [1.165, 1.54) is 11.8 Å². The van der Waals surface area contributed by atoms with Crippen LogP contribution in [0.3, 0.4) is 0 Å². The molecule has 0 spiro atoms. The number of aryl methyl sites for hydroxylation is 1. The lowest BCUT2D eigenvalue weighted by molar-refractivity contribution is 0.0994. The molecule has 3 aromatic rings. The summed E-state index contributed by atoms with van der Waals surface area (Å²) >= 11 is 1.30. The van der Waals surface area contributed by atoms with Crippen LogP contribution in [0.25, 0.3) is 5.69 Å². The van der Waals surface area contributed by atoms with Crippen molar-refractivity contribution in [2.45, 2.75) is 24.3 Å². The van der Waals surface area contributed by atoms with E-state index >= 15 is 0 Å². The number of thioether (sulfide) groups is 1. The molecule has 0 radical (unpaired) electrons. The number of benzene rings is 2. The lowest BCUT2D eigenvalue weighted by Crippen LogP contribution is -2.14. The van der Waals surface area contributed by atoms with Gasteiger partial charge in [-0.05, 0) is 48.5 Å². The van der Waals surface area contributed by atoms with Gasteiger partial charge in [0.25, 0.3) is 0 Å². The second-order valence-corrected chi connectivity index (χ2v) is 6.69. The Labute approximate surface area is 143 Å². The van der Waals surface area contributed by atoms with Gasteiger partial charge >= 0.3 is 0 Å². The number of carbonyl (C=O) groups is 1. The third-order valence-corrected chi connectivity index (χ3v) is 4.56. The van der Waals surface area contributed by atoms with Crippen LogP contribution in [-0.2, 0) is 0 Å². The molecule has 7 heteroatoms. The molecule has 0 fully saturated rings. The number of tetrazole rings is 1. The number of phenolic OH excluding ortho intramolecular Hbond substituents is 1. The maximum Gasteiger partial charge on any atom is 0.214 e. The summed E-state index contributed by atoms with van der Waals surface area (Å²) in [7, 11) is 0. The summed E-state index contributed by atoms with van der Waals surface area (Å²) in [5.74, 6) is 0.198. The molecule has 1 aromatic heterocycles. The van der Waals surface area contributed by atoms with Gasteiger partial charge in [-0.1, -0.05) is 41.6 Å². The first kappa shape index (κ1) is 16.2. The molecule has 1 N–H and O–H groups in total. The minimum absolute atomic E-state index is 0.0280. The highest BCUT2D eigenvalue weighted by atomic mass is 32.2. The normalized spacial score (nSPS) is 12.1. The van der Waals surface area contributed by atoms with Crippen molar-refractivity contribution in [3.8, 4) is 11.4 Å². The third kappa shape index (κ3) is 3.46. The zero-order valence-corrected chi connectivity index (χ0v) is 14.1. The molecular formula is C17H16N4O2S. The molecule has 0 aliphatic heterocycles. The van der Waals surface area contributed by atoms with Crippen LogP contribution in [0.15, 0.2) is 53.7 Å². The average molecular weight is 340 g/mol. The fourth-order valence-corrected chi connectivity index (χ4v) is 3.06. The number of aromatic hydroxyl groups is 1. The van der Waals surface area contributed by atoms with Gasteiger partial charge in [-0.3, -0.25) is 4.79 Å². The lowest BCUT2D eigenvalue weighted by atomic mass is 10.1. The fraction of sp³-hybridized carbons (Fsp3) is 0.176. The summed E-state index contributed by atoms with van der Waals surface area (Å²) in [4.78, 5) is 12.5. The number of nitrogens with zero attached hydrogens (tertiary/aromatic N) is 4. The van der Waals surface area contributed by atoms with E-state index in [1.807, 2.05) is 38.1 Å². The molecule has 122 valence electrons. The molecule has 0 saturated heterocycles. The molecule has 1 atom stereocenters. The minimum atomic E-state index is -0.324. The van der Waals surface area contributed by atoms with Gasteiger partial charge in [0, 0.05) is 5.56 Å². The van der Waals surface area contributed by atoms with Crippen LogP contribution in [0.2, 0.25) is 0 Å². The molecule has 1 heterocycles. The Hall–Kier alpha value is -2.67. The number of phenols is 1. The van der Waals surface area contributed by atoms with Crippen molar-refractivity contribution < 1.29 is 9.90 Å². The van der Waals surface area contributed by atoms with Gasteiger partial charge in [-0.2, -0.15) is 4.68 Å². The van der Waals surface area contributed by atoms with Crippen LogP contribution in [0.4, 0.5) is 0 Å². The van der Waals surface area contributed by atoms with Crippen LogP contribution in [0, 0.1) is 6.92 Å². The molecule has 1 unspecified atom stereocenters. The number of hydrogen-bond donors (Lipinski definition) is 1. The summed E-state index contributed by atoms with van der Waals surface area (Å²) in [6.45, 7) is 3.82. The highest BCUT2D eigenvalue weighted by Crippen LogP contribution is 2.26. The Morgan fingerprint density at radius 1 is 1.12 bits per heavy atom. The van der Waals surface area contributed by atoms with Crippen molar-refractivity contribution in [2.75, 3.05) is 0 Å². The maximum atomic E-state index is 12.5. The largest absolute Gasteiger partial charge is 0.508 e. The van der Waals surface area contributed by atoms with Gasteiger partial charge in [-0.25, -0.2) is 0 Å². The van der Waals surface area contributed by atoms with E-state index in [2.05, 4.69) is 15.5 Å². The Morgan fingerprint density at radius 2 is 1.79 bits per heavy atom. The van der Waals surface area contributed by atoms with Gasteiger partial charge in [0.2, 0.25) is 5.16 Å². The Morgan fingerprint density at radius 3 is 2.46 bits per heavy atom. The summed E-state index contributed by atoms with van der Waals surface area (Å²) < 4.78 is 1.54. The zero-order chi connectivity index (χ0) is 17.1. The first-order valence-electron chi connectivity index (χ1n) is 7.40. The van der Waals surface area contributed by atoms with Gasteiger partial charge in [0.1, 0.15) is 5.75 Å². The average Bonchev–Trinajstić information content (AvgIpc) is 3.03. The number of carbonyl (C=O) groups excluding carboxylic acids is 1. The molecule has 0 aliphatic carbocycles. The molecule has 3 rings (SSSR count). The molecule has 0 saturated carbocycles. The Balaban J connectivity index is 1.79. The minimum Gasteiger partial charge on any atom is -0.508 e. The first-order valence-corrected chi connectivity index (χ1v) is 8.28. The van der Waals surface area contributed by atoms with Crippen LogP contribution >= 0.6 is 11.8 Å². The molecule has 0 bridgehead atoms. The summed E-state index contributed by atoms with van der Waals surface area (Å²) in [6, 6.07) is 14.1. The number of hydrogen-bond acceptors (Lipinski definition) is 6. The fourth-order valence-electron chi connectivity index (χ4n) is 2.17. The SMILES string of the molecule is Cc1ccc(C(=O)C(C)Sc2nnnn2-c2ccc(O)cc2)cc1. The zero-order valence-electron chi connectivity index (χ0n) is 13.2. The highest BCUT2D eigenvalue weighted by molar-refractivity contribution is 8.00. The van der Waals surface area contributed by atoms with Gasteiger partial charge in [0.15, 0.2) is 5.78 Å². The quantitative estimate of drug-likeness (QED) is 0.568. The first-order chi connectivity index (χ1) is 11.5. The monoisotopic (exact) mass is 340 g/mol. The summed E-state index contributed by atoms with van der Waals surface area (Å²) in [5, 5.41) is 21.2. The second kappa shape index (κ2) is 6.84. The topological polar surface area (TPSA) is 80.9 Å². The smallest absolute Gasteiger partial charge is 0.214 e. The van der Waals surface area contributed by atoms with Crippen LogP contribution in [0.1, 0.15) is 22.8 Å². The number of rotatable bonds is 5. The number of aromatic nitrogens is 4. The van der Waals surface area contributed by atoms with E-state index in [0.717, 1.165) is 11.3 Å². The molecule has 24 heavy (non-hydrogen) atoms. The Kier molecular flexibility index (Phi) is 4.61. The second-order valence-electron chi connectivity index (χ2n) is 5.38. The van der Waals surface area contributed by atoms with E-state index in [4.69, 9.17) is 0 Å². The summed E-state index contributed by atoms with van der Waals surface area (Å²) in [5.41, 5.74) is 2.50. The highest BCUT2D eigenvalue weighted by Gasteiger charge is 2.20. The van der Waals surface area contributed by atoms with Crippen molar-refractivity contribution in [3.05, 3.63) is 59.7 Å². The van der Waals surface area contributed by atoms with Crippen LogP contribution in [0.5, 0.6) is 5.75 Å². The molecule has 0 aliphatic rings. The number of Topliss-reactive ketones (excluding diaryl/α,β-unsaturated/α-hetero) is 1. The van der Waals surface area contributed by atoms with Gasteiger partial charge < -0.3 is 5.11 Å². The van der Waals surface area contributed by atoms with Crippen molar-refractivity contribution in [1.29, 1.82) is 0 Å². The van der Waals surface area contributed by atoms with Crippen LogP contribution in [-0.4, -0.2) is 36.3 Å². The molecule has 0 amide bonds. The van der Waals surface area contributed by atoms with E-state index in [1.54, 1.807) is 28.9 Å². The van der Waals surface area contributed by atoms with Crippen molar-refractivity contribution in [2.24, 2.45) is 0 Å². The van der Waals surface area contributed by atoms with Crippen molar-refractivity contribution in [1.82, 2.24) is 20.2 Å². The van der Waals surface area contributed by atoms with E-state index < -0.39 is 0 Å². The van der Waals surface area contributed by atoms with Crippen molar-refractivity contribution >= 4 is 17.5 Å². The predicted octanol–water partition coefficient (Wildman–Crippen LogP) is 3.04. The maximum absolute atomic E-state index is 12.5. The molecular weight excluding hydrogens is 324 g/mol. The molecule has 2 aromatic carbocycles. The van der Waals surface area contributed by atoms with Crippen LogP contribution < -0.4 is 0 Å². The van der Waals surface area contributed by atoms with E-state index in [9.17, 15) is 9.90 Å². The van der Waals surface area contributed by atoms with Gasteiger partial charge in [0.05, 0.1) is 10.9 Å². The summed E-state index contributed by atoms with van der Waals surface area (Å²) in [6.07, 6.45) is 0. The molecule has 6 nitrogen and oxygen atoms in total.